The molecule has 0 spiro atoms. The molecule has 0 aliphatic carbocycles. The highest BCUT2D eigenvalue weighted by atomic mass is 32.1. The summed E-state index contributed by atoms with van der Waals surface area (Å²) < 4.78 is 0. The van der Waals surface area contributed by atoms with Gasteiger partial charge in [0.15, 0.2) is 10.2 Å². The normalized spacial score (nSPS) is 9.95. The number of amides is 1. The number of hydrazine groups is 1. The molecule has 0 saturated carbocycles. The third kappa shape index (κ3) is 6.49. The van der Waals surface area contributed by atoms with E-state index in [0.717, 1.165) is 11.1 Å². The van der Waals surface area contributed by atoms with Crippen LogP contribution in [0.25, 0.3) is 6.08 Å². The van der Waals surface area contributed by atoms with Gasteiger partial charge in [0.1, 0.15) is 0 Å². The van der Waals surface area contributed by atoms with Crippen LogP contribution in [0.4, 0.5) is 0 Å². The molecule has 0 aliphatic rings. The second-order valence-corrected chi connectivity index (χ2v) is 4.52. The van der Waals surface area contributed by atoms with E-state index in [1.165, 1.54) is 6.08 Å². The van der Waals surface area contributed by atoms with Crippen LogP contribution in [-0.2, 0) is 4.79 Å². The van der Waals surface area contributed by atoms with Gasteiger partial charge in [-0.25, -0.2) is 0 Å². The molecule has 0 heterocycles. The molecule has 7 heteroatoms. The lowest BCUT2D eigenvalue weighted by Gasteiger charge is -2.08. The fourth-order valence-electron chi connectivity index (χ4n) is 1.15. The van der Waals surface area contributed by atoms with E-state index in [1.807, 2.05) is 31.2 Å². The van der Waals surface area contributed by atoms with E-state index in [-0.39, 0.29) is 16.1 Å². The summed E-state index contributed by atoms with van der Waals surface area (Å²) in [6, 6.07) is 7.78. The maximum absolute atomic E-state index is 11.5. The Balaban J connectivity index is 2.44. The lowest BCUT2D eigenvalue weighted by atomic mass is 10.1. The van der Waals surface area contributed by atoms with Crippen LogP contribution in [0.5, 0.6) is 0 Å². The third-order valence-electron chi connectivity index (χ3n) is 2.04. The first-order valence-electron chi connectivity index (χ1n) is 5.38. The van der Waals surface area contributed by atoms with Gasteiger partial charge in [0, 0.05) is 6.08 Å². The second kappa shape index (κ2) is 7.45. The minimum Gasteiger partial charge on any atom is -0.375 e. The number of nitrogens with two attached hydrogens (primary N) is 1. The summed E-state index contributed by atoms with van der Waals surface area (Å²) in [5, 5.41) is 2.56. The van der Waals surface area contributed by atoms with Crippen molar-refractivity contribution in [2.45, 2.75) is 6.92 Å². The van der Waals surface area contributed by atoms with E-state index in [4.69, 9.17) is 18.0 Å². The van der Waals surface area contributed by atoms with E-state index in [1.54, 1.807) is 6.08 Å². The smallest absolute Gasteiger partial charge is 0.250 e. The molecule has 0 saturated heterocycles. The minimum absolute atomic E-state index is 0.0341. The number of benzene rings is 1. The van der Waals surface area contributed by atoms with Gasteiger partial charge in [-0.3, -0.25) is 21.0 Å². The second-order valence-electron chi connectivity index (χ2n) is 3.68. The number of thiocarbonyl (C=S) groups is 2. The highest BCUT2D eigenvalue weighted by molar-refractivity contribution is 7.80. The average molecular weight is 294 g/mol. The molecule has 1 amide bonds. The lowest BCUT2D eigenvalue weighted by molar-refractivity contribution is -0.115. The maximum Gasteiger partial charge on any atom is 0.250 e. The van der Waals surface area contributed by atoms with Crippen LogP contribution in [0.1, 0.15) is 11.1 Å². The standard InChI is InChI=1S/C12H14N4OS2/c1-8-2-4-9(5-3-8)6-7-10(17)14-12(19)16-15-11(13)18/h2-7H,1H3,(H3,13,15,18)(H2,14,16,17,19). The first-order valence-corrected chi connectivity index (χ1v) is 6.20. The summed E-state index contributed by atoms with van der Waals surface area (Å²) in [6.45, 7) is 2.00. The molecule has 19 heavy (non-hydrogen) atoms. The number of hydrogen-bond donors (Lipinski definition) is 4. The van der Waals surface area contributed by atoms with E-state index in [2.05, 4.69) is 28.4 Å². The molecule has 0 radical (unpaired) electrons. The Morgan fingerprint density at radius 3 is 2.42 bits per heavy atom. The molecule has 0 unspecified atom stereocenters. The van der Waals surface area contributed by atoms with Crippen LogP contribution in [0, 0.1) is 6.92 Å². The molecule has 0 aliphatic heterocycles. The number of nitrogens with one attached hydrogen (secondary N) is 3. The van der Waals surface area contributed by atoms with Crippen LogP contribution in [-0.4, -0.2) is 16.1 Å². The zero-order chi connectivity index (χ0) is 14.3. The Bertz CT molecular complexity index is 511. The number of aryl methyl sites for hydroxylation is 1. The fourth-order valence-corrected chi connectivity index (χ4v) is 1.36. The number of carbonyl (C=O) groups excluding carboxylic acids is 1. The van der Waals surface area contributed by atoms with E-state index in [0.29, 0.717) is 0 Å². The van der Waals surface area contributed by atoms with Crippen molar-refractivity contribution in [3.8, 4) is 0 Å². The highest BCUT2D eigenvalue weighted by Gasteiger charge is 1.99. The van der Waals surface area contributed by atoms with Crippen molar-refractivity contribution in [3.05, 3.63) is 41.5 Å². The zero-order valence-electron chi connectivity index (χ0n) is 10.3. The minimum atomic E-state index is -0.345. The molecular weight excluding hydrogens is 280 g/mol. The van der Waals surface area contributed by atoms with Crippen molar-refractivity contribution in [1.29, 1.82) is 0 Å². The molecule has 5 N–H and O–H groups in total. The molecule has 100 valence electrons. The number of carbonyl (C=O) groups is 1. The molecule has 5 nitrogen and oxygen atoms in total. The molecule has 1 aromatic rings. The first-order chi connectivity index (χ1) is 8.97. The Morgan fingerprint density at radius 2 is 1.84 bits per heavy atom. The summed E-state index contributed by atoms with van der Waals surface area (Å²) in [7, 11) is 0. The van der Waals surface area contributed by atoms with Gasteiger partial charge in [-0.1, -0.05) is 29.8 Å². The quantitative estimate of drug-likeness (QED) is 0.366. The molecule has 0 atom stereocenters. The summed E-state index contributed by atoms with van der Waals surface area (Å²) in [5.41, 5.74) is 12.2. The van der Waals surface area contributed by atoms with Gasteiger partial charge in [0.2, 0.25) is 5.91 Å². The van der Waals surface area contributed by atoms with E-state index >= 15 is 0 Å². The highest BCUT2D eigenvalue weighted by Crippen LogP contribution is 2.04. The predicted octanol–water partition coefficient (Wildman–Crippen LogP) is 0.747. The predicted molar refractivity (Wildman–Crippen MR) is 84.0 cm³/mol. The van der Waals surface area contributed by atoms with Crippen LogP contribution >= 0.6 is 24.4 Å². The SMILES string of the molecule is Cc1ccc(C=CC(=O)NC(=S)NNC(N)=S)cc1. The van der Waals surface area contributed by atoms with Crippen LogP contribution in [0.2, 0.25) is 0 Å². The van der Waals surface area contributed by atoms with Gasteiger partial charge in [0.05, 0.1) is 0 Å². The van der Waals surface area contributed by atoms with Gasteiger partial charge < -0.3 is 5.73 Å². The van der Waals surface area contributed by atoms with Crippen LogP contribution in [0.15, 0.2) is 30.3 Å². The largest absolute Gasteiger partial charge is 0.375 e. The van der Waals surface area contributed by atoms with Crippen LogP contribution in [0.3, 0.4) is 0 Å². The van der Waals surface area contributed by atoms with Crippen molar-refractivity contribution in [1.82, 2.24) is 16.2 Å². The van der Waals surface area contributed by atoms with Crippen molar-refractivity contribution in [2.75, 3.05) is 0 Å². The number of hydrogen-bond acceptors (Lipinski definition) is 3. The monoisotopic (exact) mass is 294 g/mol. The summed E-state index contributed by atoms with van der Waals surface area (Å²) in [4.78, 5) is 11.5. The summed E-state index contributed by atoms with van der Waals surface area (Å²) >= 11 is 9.41. The maximum atomic E-state index is 11.5. The van der Waals surface area contributed by atoms with Crippen molar-refractivity contribution in [3.63, 3.8) is 0 Å². The molecule has 0 fully saturated rings. The van der Waals surface area contributed by atoms with Gasteiger partial charge in [-0.05, 0) is 43.0 Å². The topological polar surface area (TPSA) is 79.2 Å². The zero-order valence-corrected chi connectivity index (χ0v) is 11.9. The Kier molecular flexibility index (Phi) is 5.91. The van der Waals surface area contributed by atoms with Gasteiger partial charge in [-0.15, -0.1) is 0 Å². The molecule has 0 bridgehead atoms. The third-order valence-corrected chi connectivity index (χ3v) is 2.35. The van der Waals surface area contributed by atoms with Gasteiger partial charge in [-0.2, -0.15) is 0 Å². The average Bonchev–Trinajstić information content (AvgIpc) is 2.36. The Labute approximate surface area is 122 Å². The molecule has 1 aromatic carbocycles. The first kappa shape index (κ1) is 15.1. The van der Waals surface area contributed by atoms with Crippen molar-refractivity contribution < 1.29 is 4.79 Å². The molecule has 1 rings (SSSR count). The number of rotatable bonds is 2. The van der Waals surface area contributed by atoms with Gasteiger partial charge in [0.25, 0.3) is 0 Å². The van der Waals surface area contributed by atoms with E-state index < -0.39 is 0 Å². The van der Waals surface area contributed by atoms with E-state index in [9.17, 15) is 4.79 Å². The Morgan fingerprint density at radius 1 is 1.21 bits per heavy atom. The van der Waals surface area contributed by atoms with Crippen LogP contribution < -0.4 is 21.9 Å². The van der Waals surface area contributed by atoms with Crippen molar-refractivity contribution >= 4 is 46.6 Å². The van der Waals surface area contributed by atoms with Gasteiger partial charge >= 0.3 is 0 Å². The lowest BCUT2D eigenvalue weighted by Crippen LogP contribution is -2.49. The summed E-state index contributed by atoms with van der Waals surface area (Å²) in [5.74, 6) is -0.345. The summed E-state index contributed by atoms with van der Waals surface area (Å²) in [6.07, 6.45) is 3.08. The molecular formula is C12H14N4OS2. The Hall–Kier alpha value is -1.99. The van der Waals surface area contributed by atoms with Crippen molar-refractivity contribution in [2.24, 2.45) is 5.73 Å². The molecule has 0 aromatic heterocycles. The fraction of sp³-hybridized carbons (Fsp3) is 0.0833.